The summed E-state index contributed by atoms with van der Waals surface area (Å²) in [7, 11) is 0. The molecule has 1 aromatic heterocycles. The van der Waals surface area contributed by atoms with E-state index in [9.17, 15) is 14.4 Å². The number of nitrogens with zero attached hydrogens (tertiary/aromatic N) is 3. The Kier molecular flexibility index (Phi) is 3.61. The van der Waals surface area contributed by atoms with Gasteiger partial charge in [-0.15, -0.1) is 0 Å². The van der Waals surface area contributed by atoms with E-state index >= 15 is 0 Å². The lowest BCUT2D eigenvalue weighted by Gasteiger charge is -2.30. The smallest absolute Gasteiger partial charge is 0.265 e. The molecule has 4 rings (SSSR count). The van der Waals surface area contributed by atoms with Crippen molar-refractivity contribution in [2.24, 2.45) is 0 Å². The molecule has 0 atom stereocenters. The first kappa shape index (κ1) is 16.1. The van der Waals surface area contributed by atoms with E-state index in [2.05, 4.69) is 5.16 Å². The number of hydrogen-bond acceptors (Lipinski definition) is 6. The lowest BCUT2D eigenvalue weighted by Crippen LogP contribution is -2.39. The van der Waals surface area contributed by atoms with Crippen LogP contribution in [0.4, 0.5) is 11.4 Å². The number of anilines is 2. The molecule has 3 amide bonds. The van der Waals surface area contributed by atoms with Gasteiger partial charge in [-0.1, -0.05) is 5.16 Å². The molecule has 132 valence electrons. The fraction of sp³-hybridized carbons (Fsp3) is 0.222. The second-order valence-electron chi connectivity index (χ2n) is 6.11. The van der Waals surface area contributed by atoms with Crippen LogP contribution in [0.2, 0.25) is 0 Å². The monoisotopic (exact) mass is 353 g/mol. The number of carbonyl (C=O) groups excluding carboxylic acids is 3. The summed E-state index contributed by atoms with van der Waals surface area (Å²) in [5, 5.41) is 3.83. The van der Waals surface area contributed by atoms with Crippen molar-refractivity contribution in [3.63, 3.8) is 0 Å². The van der Waals surface area contributed by atoms with Crippen LogP contribution in [0, 0.1) is 0 Å². The summed E-state index contributed by atoms with van der Waals surface area (Å²) in [4.78, 5) is 39.8. The van der Waals surface area contributed by atoms with Gasteiger partial charge < -0.3 is 9.26 Å². The average molecular weight is 353 g/mol. The van der Waals surface area contributed by atoms with Gasteiger partial charge in [0, 0.05) is 17.2 Å². The summed E-state index contributed by atoms with van der Waals surface area (Å²) in [6, 6.07) is 6.55. The van der Waals surface area contributed by atoms with Gasteiger partial charge in [0.1, 0.15) is 17.7 Å². The van der Waals surface area contributed by atoms with Gasteiger partial charge in [-0.05, 0) is 32.0 Å². The molecule has 8 nitrogen and oxygen atoms in total. The lowest BCUT2D eigenvalue weighted by molar-refractivity contribution is -0.122. The van der Waals surface area contributed by atoms with Gasteiger partial charge in [0.25, 0.3) is 17.7 Å². The van der Waals surface area contributed by atoms with Crippen LogP contribution < -0.4 is 14.5 Å². The van der Waals surface area contributed by atoms with Gasteiger partial charge in [-0.2, -0.15) is 0 Å². The van der Waals surface area contributed by atoms with E-state index in [0.717, 1.165) is 4.90 Å². The number of fused-ring (bicyclic) bond motifs is 1. The number of aromatic nitrogens is 1. The molecule has 0 bridgehead atoms. The van der Waals surface area contributed by atoms with E-state index in [1.807, 2.05) is 0 Å². The Balaban J connectivity index is 1.73. The maximum Gasteiger partial charge on any atom is 0.265 e. The van der Waals surface area contributed by atoms with Gasteiger partial charge in [0.2, 0.25) is 0 Å². The molecule has 0 spiro atoms. The number of rotatable bonds is 3. The Bertz CT molecular complexity index is 937. The van der Waals surface area contributed by atoms with Crippen LogP contribution in [0.3, 0.4) is 0 Å². The average Bonchev–Trinajstić information content (AvgIpc) is 3.21. The second kappa shape index (κ2) is 5.83. The van der Waals surface area contributed by atoms with Crippen LogP contribution in [0.25, 0.3) is 0 Å². The van der Waals surface area contributed by atoms with E-state index in [4.69, 9.17) is 9.26 Å². The number of benzene rings is 1. The van der Waals surface area contributed by atoms with Gasteiger partial charge in [0.05, 0.1) is 17.9 Å². The van der Waals surface area contributed by atoms with Crippen molar-refractivity contribution in [1.29, 1.82) is 0 Å². The van der Waals surface area contributed by atoms with Crippen LogP contribution in [-0.4, -0.2) is 29.5 Å². The van der Waals surface area contributed by atoms with Crippen molar-refractivity contribution in [2.75, 3.05) is 16.4 Å². The van der Waals surface area contributed by atoms with E-state index in [1.54, 1.807) is 38.1 Å². The third kappa shape index (κ3) is 2.38. The van der Waals surface area contributed by atoms with E-state index in [-0.39, 0.29) is 30.9 Å². The predicted molar refractivity (Wildman–Crippen MR) is 90.5 cm³/mol. The molecule has 26 heavy (non-hydrogen) atoms. The fourth-order valence-corrected chi connectivity index (χ4v) is 2.97. The Hall–Kier alpha value is -3.42. The maximum absolute atomic E-state index is 12.4. The third-order valence-corrected chi connectivity index (χ3v) is 4.57. The molecule has 1 aromatic carbocycles. The van der Waals surface area contributed by atoms with Gasteiger partial charge in [0.15, 0.2) is 6.61 Å². The zero-order valence-corrected chi connectivity index (χ0v) is 14.2. The van der Waals surface area contributed by atoms with Crippen molar-refractivity contribution in [1.82, 2.24) is 5.16 Å². The highest BCUT2D eigenvalue weighted by atomic mass is 16.5. The number of ether oxygens (including phenoxy) is 1. The molecule has 0 fully saturated rings. The Morgan fingerprint density at radius 1 is 1.08 bits per heavy atom. The minimum absolute atomic E-state index is 0.0917. The van der Waals surface area contributed by atoms with Crippen molar-refractivity contribution in [3.05, 3.63) is 47.4 Å². The van der Waals surface area contributed by atoms with Gasteiger partial charge >= 0.3 is 0 Å². The SMILES string of the molecule is CC1=C(C)C(=O)N(c2ccc3c(c2)N(Cc2ccon2)C(=O)CO3)C1=O. The Morgan fingerprint density at radius 2 is 1.81 bits per heavy atom. The number of hydrogen-bond donors (Lipinski definition) is 0. The fourth-order valence-electron chi connectivity index (χ4n) is 2.97. The van der Waals surface area contributed by atoms with Gasteiger partial charge in [-0.3, -0.25) is 19.3 Å². The second-order valence-corrected chi connectivity index (χ2v) is 6.11. The van der Waals surface area contributed by atoms with Crippen molar-refractivity contribution in [2.45, 2.75) is 20.4 Å². The summed E-state index contributed by atoms with van der Waals surface area (Å²) >= 11 is 0. The minimum Gasteiger partial charge on any atom is -0.482 e. The predicted octanol–water partition coefficient (Wildman–Crippen LogP) is 1.81. The number of carbonyl (C=O) groups is 3. The molecular weight excluding hydrogens is 338 g/mol. The molecule has 0 aliphatic carbocycles. The highest BCUT2D eigenvalue weighted by Crippen LogP contribution is 2.38. The first-order valence-electron chi connectivity index (χ1n) is 8.00. The van der Waals surface area contributed by atoms with Crippen molar-refractivity contribution in [3.8, 4) is 5.75 Å². The van der Waals surface area contributed by atoms with E-state index in [1.165, 1.54) is 11.2 Å². The summed E-state index contributed by atoms with van der Waals surface area (Å²) in [6.45, 7) is 3.36. The third-order valence-electron chi connectivity index (χ3n) is 4.57. The highest BCUT2D eigenvalue weighted by molar-refractivity contribution is 6.32. The summed E-state index contributed by atoms with van der Waals surface area (Å²) in [5.41, 5.74) is 2.28. The molecule has 0 N–H and O–H groups in total. The molecule has 8 heteroatoms. The van der Waals surface area contributed by atoms with E-state index < -0.39 is 0 Å². The first-order chi connectivity index (χ1) is 12.5. The van der Waals surface area contributed by atoms with Crippen molar-refractivity contribution >= 4 is 29.1 Å². The van der Waals surface area contributed by atoms with E-state index in [0.29, 0.717) is 34.0 Å². The maximum atomic E-state index is 12.4. The van der Waals surface area contributed by atoms with Crippen molar-refractivity contribution < 1.29 is 23.6 Å². The molecule has 2 aromatic rings. The zero-order valence-electron chi connectivity index (χ0n) is 14.2. The zero-order chi connectivity index (χ0) is 18.4. The molecular formula is C18H15N3O5. The largest absolute Gasteiger partial charge is 0.482 e. The van der Waals surface area contributed by atoms with Crippen LogP contribution in [-0.2, 0) is 20.9 Å². The standard InChI is InChI=1S/C18H15N3O5/c1-10-11(2)18(24)21(17(10)23)13-3-4-15-14(7-13)20(16(22)9-25-15)8-12-5-6-26-19-12/h3-7H,8-9H2,1-2H3. The van der Waals surface area contributed by atoms with Crippen LogP contribution in [0.15, 0.2) is 46.2 Å². The molecule has 0 saturated carbocycles. The molecule has 0 unspecified atom stereocenters. The molecule has 2 aliphatic heterocycles. The molecule has 0 saturated heterocycles. The first-order valence-corrected chi connectivity index (χ1v) is 8.00. The van der Waals surface area contributed by atoms with Crippen LogP contribution >= 0.6 is 0 Å². The number of amides is 3. The highest BCUT2D eigenvalue weighted by Gasteiger charge is 2.36. The number of imide groups is 1. The summed E-state index contributed by atoms with van der Waals surface area (Å²) in [6.07, 6.45) is 1.43. The molecule has 2 aliphatic rings. The molecule has 0 radical (unpaired) electrons. The summed E-state index contributed by atoms with van der Waals surface area (Å²) in [5.74, 6) is -0.475. The molecule has 3 heterocycles. The Morgan fingerprint density at radius 3 is 2.46 bits per heavy atom. The minimum atomic E-state index is -0.362. The van der Waals surface area contributed by atoms with Crippen LogP contribution in [0.1, 0.15) is 19.5 Å². The normalized spacial score (nSPS) is 17.1. The quantitative estimate of drug-likeness (QED) is 0.782. The summed E-state index contributed by atoms with van der Waals surface area (Å²) < 4.78 is 10.3. The van der Waals surface area contributed by atoms with Gasteiger partial charge in [-0.25, -0.2) is 4.90 Å². The lowest BCUT2D eigenvalue weighted by atomic mass is 10.2. The topological polar surface area (TPSA) is 93.0 Å². The Labute approximate surface area is 148 Å². The van der Waals surface area contributed by atoms with Crippen LogP contribution in [0.5, 0.6) is 5.75 Å².